The number of rotatable bonds is 24. The van der Waals surface area contributed by atoms with Crippen LogP contribution in [-0.4, -0.2) is 102 Å². The van der Waals surface area contributed by atoms with Crippen LogP contribution in [0.1, 0.15) is 72.3 Å². The summed E-state index contributed by atoms with van der Waals surface area (Å²) in [6.45, 7) is 13.5. The molecule has 314 valence electrons. The quantitative estimate of drug-likeness (QED) is 0.0297. The molecule has 6 N–H and O–H groups in total. The van der Waals surface area contributed by atoms with E-state index in [9.17, 15) is 34.2 Å². The highest BCUT2D eigenvalue weighted by Gasteiger charge is 2.35. The Balaban J connectivity index is 2.24. The first-order valence-electron chi connectivity index (χ1n) is 20.0. The van der Waals surface area contributed by atoms with Gasteiger partial charge in [-0.2, -0.15) is 0 Å². The molecule has 1 heterocycles. The van der Waals surface area contributed by atoms with Crippen LogP contribution < -0.4 is 21.4 Å². The number of esters is 1. The average Bonchev–Trinajstić information content (AvgIpc) is 3.20. The van der Waals surface area contributed by atoms with Crippen molar-refractivity contribution in [1.82, 2.24) is 26.4 Å². The summed E-state index contributed by atoms with van der Waals surface area (Å²) in [6.07, 6.45) is 13.5. The molecule has 57 heavy (non-hydrogen) atoms. The molecule has 0 radical (unpaired) electrons. The maximum atomic E-state index is 14.0. The van der Waals surface area contributed by atoms with Crippen LogP contribution >= 0.6 is 0 Å². The highest BCUT2D eigenvalue weighted by Crippen LogP contribution is 2.21. The summed E-state index contributed by atoms with van der Waals surface area (Å²) in [6, 6.07) is 7.16. The van der Waals surface area contributed by atoms with Crippen molar-refractivity contribution in [2.45, 2.75) is 110 Å². The summed E-state index contributed by atoms with van der Waals surface area (Å²) in [5, 5.41) is 31.3. The minimum absolute atomic E-state index is 0.0158. The number of benzene rings is 1. The summed E-state index contributed by atoms with van der Waals surface area (Å²) in [4.78, 5) is 64.6. The van der Waals surface area contributed by atoms with Crippen molar-refractivity contribution in [3.05, 3.63) is 96.7 Å². The first-order valence-corrected chi connectivity index (χ1v) is 20.0. The number of amides is 3. The molecule has 1 aromatic carbocycles. The van der Waals surface area contributed by atoms with E-state index in [0.717, 1.165) is 18.3 Å². The number of nitrogens with one attached hydrogen (secondary N) is 4. The summed E-state index contributed by atoms with van der Waals surface area (Å²) >= 11 is 0. The van der Waals surface area contributed by atoms with Gasteiger partial charge in [0, 0.05) is 43.8 Å². The van der Waals surface area contributed by atoms with E-state index in [2.05, 4.69) is 28.0 Å². The van der Waals surface area contributed by atoms with Gasteiger partial charge < -0.3 is 35.7 Å². The zero-order valence-electron chi connectivity index (χ0n) is 34.4. The second-order valence-electron chi connectivity index (χ2n) is 14.8. The van der Waals surface area contributed by atoms with Crippen LogP contribution in [0.25, 0.3) is 0 Å². The van der Waals surface area contributed by atoms with Crippen LogP contribution in [0.4, 0.5) is 0 Å². The third kappa shape index (κ3) is 16.7. The number of aldehydes is 1. The van der Waals surface area contributed by atoms with Crippen molar-refractivity contribution in [1.29, 1.82) is 0 Å². The summed E-state index contributed by atoms with van der Waals surface area (Å²) < 4.78 is 6.03. The molecule has 0 aliphatic carbocycles. The third-order valence-electron chi connectivity index (χ3n) is 9.91. The molecule has 2 rings (SSSR count). The Kier molecular flexibility index (Phi) is 22.3. The second-order valence-corrected chi connectivity index (χ2v) is 14.8. The smallest absolute Gasteiger partial charge is 0.325 e. The maximum Gasteiger partial charge on any atom is 0.325 e. The Hall–Kier alpha value is -4.69. The van der Waals surface area contributed by atoms with Crippen LogP contribution in [0.15, 0.2) is 91.1 Å². The topological polar surface area (TPSA) is 186 Å². The number of hydrogen-bond donors (Lipinski definition) is 6. The van der Waals surface area contributed by atoms with E-state index in [1.165, 1.54) is 17.2 Å². The van der Waals surface area contributed by atoms with E-state index in [0.29, 0.717) is 37.9 Å². The van der Waals surface area contributed by atoms with Crippen LogP contribution in [0.3, 0.4) is 0 Å². The third-order valence-corrected chi connectivity index (χ3v) is 9.91. The van der Waals surface area contributed by atoms with Gasteiger partial charge in [0.15, 0.2) is 0 Å². The fourth-order valence-electron chi connectivity index (χ4n) is 6.44. The van der Waals surface area contributed by atoms with E-state index in [4.69, 9.17) is 4.74 Å². The van der Waals surface area contributed by atoms with Gasteiger partial charge >= 0.3 is 5.97 Å². The minimum atomic E-state index is -1.000. The van der Waals surface area contributed by atoms with Crippen molar-refractivity contribution in [3.8, 4) is 0 Å². The van der Waals surface area contributed by atoms with E-state index < -0.39 is 54.2 Å². The van der Waals surface area contributed by atoms with Gasteiger partial charge in [0.05, 0.1) is 18.2 Å². The lowest BCUT2D eigenvalue weighted by molar-refractivity contribution is -0.156. The van der Waals surface area contributed by atoms with E-state index >= 15 is 0 Å². The Morgan fingerprint density at radius 3 is 2.44 bits per heavy atom. The van der Waals surface area contributed by atoms with Crippen molar-refractivity contribution in [3.63, 3.8) is 0 Å². The maximum absolute atomic E-state index is 14.0. The molecule has 13 nitrogen and oxygen atoms in total. The van der Waals surface area contributed by atoms with Crippen molar-refractivity contribution in [2.24, 2.45) is 17.8 Å². The molecule has 1 saturated heterocycles. The highest BCUT2D eigenvalue weighted by atomic mass is 16.5. The lowest BCUT2D eigenvalue weighted by Gasteiger charge is -2.36. The number of aliphatic hydroxyl groups excluding tert-OH is 2. The second kappa shape index (κ2) is 26.3. The van der Waals surface area contributed by atoms with Crippen LogP contribution in [0, 0.1) is 17.8 Å². The molecule has 1 aliphatic heterocycles. The molecule has 1 fully saturated rings. The molecular formula is C44H65N5O8. The van der Waals surface area contributed by atoms with Crippen LogP contribution in [0.5, 0.6) is 0 Å². The Morgan fingerprint density at radius 2 is 1.81 bits per heavy atom. The molecule has 1 aromatic rings. The monoisotopic (exact) mass is 791 g/mol. The van der Waals surface area contributed by atoms with Gasteiger partial charge in [-0.25, -0.2) is 5.43 Å². The Morgan fingerprint density at radius 1 is 1.09 bits per heavy atom. The lowest BCUT2D eigenvalue weighted by atomic mass is 9.86. The van der Waals surface area contributed by atoms with Crippen LogP contribution in [0.2, 0.25) is 0 Å². The highest BCUT2D eigenvalue weighted by molar-refractivity contribution is 5.90. The van der Waals surface area contributed by atoms with Gasteiger partial charge in [0.25, 0.3) is 5.91 Å². The number of allylic oxidation sites excluding steroid dienone is 4. The summed E-state index contributed by atoms with van der Waals surface area (Å²) in [7, 11) is 1.70. The number of nitrogens with zero attached hydrogens (tertiary/aromatic N) is 1. The van der Waals surface area contributed by atoms with Crippen LogP contribution in [-0.2, 0) is 35.1 Å². The fourth-order valence-corrected chi connectivity index (χ4v) is 6.44. The molecule has 0 aromatic heterocycles. The normalized spacial score (nSPS) is 18.8. The van der Waals surface area contributed by atoms with Gasteiger partial charge in [0.1, 0.15) is 24.5 Å². The molecule has 3 amide bonds. The molecule has 0 saturated carbocycles. The lowest BCUT2D eigenvalue weighted by Crippen LogP contribution is -2.61. The summed E-state index contributed by atoms with van der Waals surface area (Å²) in [5.74, 6) is -2.70. The SMILES string of the molecule is C=CCNC(=O)/C=C/C=C(\C)[C@H](C/C=C/C=C/[C@H](O)C(C)C(O)C(C=O)CCC)OC(=O)C1CCCN(C(=O)C(Cc2ccccc2)NC(=O)C(NC)C(C)C)N1. The number of ether oxygens (including phenoxy) is 1. The first-order chi connectivity index (χ1) is 27.3. The standard InChI is InChI=1S/C44H65N5O8/c1-8-18-34(29-50)41(53)32(6)37(51)23-14-11-15-24-38(31(5)19-16-25-39(52)46-26-9-2)57-44(56)35-22-17-27-49(48-35)43(55)36(28-33-20-12-10-13-21-33)47-42(54)40(45-7)30(3)4/h9-16,19-21,23,25,29-30,32,34-38,40-41,45,48,51,53H,2,8,17-18,22,24,26-28H2,1,3-7H3,(H,46,52)(H,47,54)/b15-11+,23-14+,25-16+,31-19+/t32?,34?,35?,36?,37-,38-,40?,41?/m0/s1. The van der Waals surface area contributed by atoms with Crippen molar-refractivity contribution in [2.75, 3.05) is 20.1 Å². The number of carbonyl (C=O) groups excluding carboxylic acids is 5. The molecule has 0 spiro atoms. The largest absolute Gasteiger partial charge is 0.456 e. The fraction of sp³-hybridized carbons (Fsp3) is 0.523. The van der Waals surface area contributed by atoms with E-state index in [-0.39, 0.29) is 36.5 Å². The molecular weight excluding hydrogens is 727 g/mol. The minimum Gasteiger partial charge on any atom is -0.456 e. The first kappa shape index (κ1) is 48.5. The van der Waals surface area contributed by atoms with Gasteiger partial charge in [-0.3, -0.25) is 24.2 Å². The summed E-state index contributed by atoms with van der Waals surface area (Å²) in [5.41, 5.74) is 4.58. The number of hydrazine groups is 1. The van der Waals surface area contributed by atoms with E-state index in [1.54, 1.807) is 57.4 Å². The molecule has 0 bridgehead atoms. The Labute approximate surface area is 338 Å². The predicted molar refractivity (Wildman–Crippen MR) is 222 cm³/mol. The zero-order chi connectivity index (χ0) is 42.3. The van der Waals surface area contributed by atoms with Gasteiger partial charge in [0.2, 0.25) is 11.8 Å². The molecule has 13 heteroatoms. The predicted octanol–water partition coefficient (Wildman–Crippen LogP) is 3.65. The number of aliphatic hydroxyl groups is 2. The molecule has 8 atom stereocenters. The number of carbonyl (C=O) groups is 5. The van der Waals surface area contributed by atoms with E-state index in [1.807, 2.05) is 51.1 Å². The van der Waals surface area contributed by atoms with Gasteiger partial charge in [-0.1, -0.05) is 107 Å². The average molecular weight is 792 g/mol. The van der Waals surface area contributed by atoms with Crippen molar-refractivity contribution >= 4 is 30.0 Å². The molecule has 6 unspecified atom stereocenters. The van der Waals surface area contributed by atoms with Gasteiger partial charge in [-0.15, -0.1) is 6.58 Å². The zero-order valence-corrected chi connectivity index (χ0v) is 34.4. The number of hydrogen-bond acceptors (Lipinski definition) is 10. The van der Waals surface area contributed by atoms with Gasteiger partial charge in [-0.05, 0) is 50.3 Å². The van der Waals surface area contributed by atoms with Crippen molar-refractivity contribution < 1.29 is 38.9 Å². The Bertz CT molecular complexity index is 1560. The molecule has 1 aliphatic rings. The number of likely N-dealkylation sites (N-methyl/N-ethyl adjacent to an activating group) is 1.